The lowest BCUT2D eigenvalue weighted by atomic mass is 9.98. The number of anilines is 1. The van der Waals surface area contributed by atoms with Crippen molar-refractivity contribution in [3.05, 3.63) is 53.6 Å². The van der Waals surface area contributed by atoms with Crippen molar-refractivity contribution in [2.24, 2.45) is 0 Å². The van der Waals surface area contributed by atoms with Crippen molar-refractivity contribution in [3.8, 4) is 11.8 Å². The van der Waals surface area contributed by atoms with Gasteiger partial charge in [-0.25, -0.2) is 8.42 Å². The fourth-order valence-electron chi connectivity index (χ4n) is 4.00. The van der Waals surface area contributed by atoms with E-state index in [9.17, 15) is 18.5 Å². The minimum Gasteiger partial charge on any atom is -0.483 e. The van der Waals surface area contributed by atoms with Gasteiger partial charge in [0.1, 0.15) is 5.75 Å². The number of carbonyl (C=O) groups is 1. The number of rotatable bonds is 7. The smallest absolute Gasteiger partial charge is 0.262 e. The summed E-state index contributed by atoms with van der Waals surface area (Å²) in [5.41, 5.74) is 1.92. The van der Waals surface area contributed by atoms with Crippen molar-refractivity contribution in [1.29, 1.82) is 5.26 Å². The predicted molar refractivity (Wildman–Crippen MR) is 121 cm³/mol. The molecule has 1 N–H and O–H groups in total. The van der Waals surface area contributed by atoms with E-state index < -0.39 is 10.0 Å². The molecule has 1 saturated carbocycles. The summed E-state index contributed by atoms with van der Waals surface area (Å²) < 4.78 is 32.8. The molecule has 168 valence electrons. The number of nitrogens with one attached hydrogen (secondary N) is 1. The van der Waals surface area contributed by atoms with Gasteiger partial charge in [-0.3, -0.25) is 4.79 Å². The van der Waals surface area contributed by atoms with Gasteiger partial charge in [-0.1, -0.05) is 18.6 Å². The fraction of sp³-hybridized carbons (Fsp3) is 0.417. The summed E-state index contributed by atoms with van der Waals surface area (Å²) >= 11 is 0. The number of benzene rings is 2. The van der Waals surface area contributed by atoms with Gasteiger partial charge in [-0.15, -0.1) is 0 Å². The average Bonchev–Trinajstić information content (AvgIpc) is 3.60. The van der Waals surface area contributed by atoms with Crippen LogP contribution < -0.4 is 10.1 Å². The van der Waals surface area contributed by atoms with Crippen LogP contribution in [0.5, 0.6) is 5.75 Å². The zero-order chi connectivity index (χ0) is 22.8. The van der Waals surface area contributed by atoms with E-state index in [0.717, 1.165) is 37.7 Å². The molecular formula is C24H27N3O4S. The first kappa shape index (κ1) is 22.3. The molecule has 2 aromatic rings. The molecule has 8 heteroatoms. The highest BCUT2D eigenvalue weighted by Crippen LogP contribution is 2.47. The van der Waals surface area contributed by atoms with Gasteiger partial charge >= 0.3 is 0 Å². The maximum atomic E-state index is 12.8. The number of amides is 1. The number of ether oxygens (including phenoxy) is 1. The Kier molecular flexibility index (Phi) is 6.22. The molecule has 0 bridgehead atoms. The minimum atomic E-state index is -3.51. The average molecular weight is 454 g/mol. The minimum absolute atomic E-state index is 0.192. The molecule has 32 heavy (non-hydrogen) atoms. The van der Waals surface area contributed by atoms with Gasteiger partial charge < -0.3 is 10.1 Å². The standard InChI is InChI=1S/C24H27N3O4S/c1-18-15-21(32(29,30)27-13-3-2-4-14-27)9-10-22(18)31-16-23(28)26-20-7-5-19(6-8-20)24(17-25)11-12-24/h5-10,15H,2-4,11-14,16H2,1H3,(H,26,28). The van der Waals surface area contributed by atoms with E-state index in [-0.39, 0.29) is 22.8 Å². The first-order valence-electron chi connectivity index (χ1n) is 10.9. The Morgan fingerprint density at radius 2 is 1.81 bits per heavy atom. The quantitative estimate of drug-likeness (QED) is 0.688. The molecule has 1 saturated heterocycles. The Hall–Kier alpha value is -2.89. The van der Waals surface area contributed by atoms with Crippen molar-refractivity contribution in [3.63, 3.8) is 0 Å². The molecule has 0 unspecified atom stereocenters. The topological polar surface area (TPSA) is 99.5 Å². The van der Waals surface area contributed by atoms with Gasteiger partial charge in [0.05, 0.1) is 16.4 Å². The summed E-state index contributed by atoms with van der Waals surface area (Å²) in [5, 5.41) is 12.1. The fourth-order valence-corrected chi connectivity index (χ4v) is 5.60. The van der Waals surface area contributed by atoms with Gasteiger partial charge in [-0.05, 0) is 74.1 Å². The number of hydrogen-bond donors (Lipinski definition) is 1. The molecule has 1 amide bonds. The number of sulfonamides is 1. The van der Waals surface area contributed by atoms with Gasteiger partial charge in [0.15, 0.2) is 6.61 Å². The number of aryl methyl sites for hydroxylation is 1. The Morgan fingerprint density at radius 3 is 2.41 bits per heavy atom. The van der Waals surface area contributed by atoms with Crippen molar-refractivity contribution >= 4 is 21.6 Å². The van der Waals surface area contributed by atoms with Crippen LogP contribution >= 0.6 is 0 Å². The molecular weight excluding hydrogens is 426 g/mol. The van der Waals surface area contributed by atoms with Crippen LogP contribution in [0.15, 0.2) is 47.4 Å². The SMILES string of the molecule is Cc1cc(S(=O)(=O)N2CCCCC2)ccc1OCC(=O)Nc1ccc(C2(C#N)CC2)cc1. The first-order valence-corrected chi connectivity index (χ1v) is 12.3. The number of hydrogen-bond acceptors (Lipinski definition) is 5. The highest BCUT2D eigenvalue weighted by molar-refractivity contribution is 7.89. The van der Waals surface area contributed by atoms with Gasteiger partial charge in [0, 0.05) is 18.8 Å². The molecule has 1 aliphatic heterocycles. The van der Waals surface area contributed by atoms with Gasteiger partial charge in [0.25, 0.3) is 5.91 Å². The van der Waals surface area contributed by atoms with E-state index >= 15 is 0 Å². The zero-order valence-electron chi connectivity index (χ0n) is 18.1. The number of nitriles is 1. The van der Waals surface area contributed by atoms with Crippen molar-refractivity contribution in [1.82, 2.24) is 4.31 Å². The predicted octanol–water partition coefficient (Wildman–Crippen LogP) is 3.74. The van der Waals surface area contributed by atoms with Crippen LogP contribution in [0.25, 0.3) is 0 Å². The normalized spacial score (nSPS) is 17.9. The number of nitrogens with zero attached hydrogens (tertiary/aromatic N) is 2. The largest absolute Gasteiger partial charge is 0.483 e. The Balaban J connectivity index is 1.34. The third kappa shape index (κ3) is 4.64. The highest BCUT2D eigenvalue weighted by Gasteiger charge is 2.44. The summed E-state index contributed by atoms with van der Waals surface area (Å²) in [6.45, 7) is 2.68. The van der Waals surface area contributed by atoms with Crippen LogP contribution in [-0.4, -0.2) is 38.3 Å². The Labute approximate surface area is 189 Å². The molecule has 2 aliphatic rings. The number of piperidine rings is 1. The van der Waals surface area contributed by atoms with Gasteiger partial charge in [-0.2, -0.15) is 9.57 Å². The molecule has 2 fully saturated rings. The summed E-state index contributed by atoms with van der Waals surface area (Å²) in [7, 11) is -3.51. The lowest BCUT2D eigenvalue weighted by molar-refractivity contribution is -0.118. The second-order valence-corrected chi connectivity index (χ2v) is 10.4. The molecule has 7 nitrogen and oxygen atoms in total. The summed E-state index contributed by atoms with van der Waals surface area (Å²) in [5.74, 6) is 0.154. The summed E-state index contributed by atoms with van der Waals surface area (Å²) in [4.78, 5) is 12.5. The van der Waals surface area contributed by atoms with Crippen LogP contribution in [0.3, 0.4) is 0 Å². The van der Waals surface area contributed by atoms with E-state index in [4.69, 9.17) is 4.74 Å². The first-order chi connectivity index (χ1) is 15.3. The number of carbonyl (C=O) groups excluding carboxylic acids is 1. The third-order valence-electron chi connectivity index (χ3n) is 6.14. The molecule has 0 atom stereocenters. The molecule has 2 aromatic carbocycles. The molecule has 1 aliphatic carbocycles. The molecule has 0 aromatic heterocycles. The van der Waals surface area contributed by atoms with Crippen LogP contribution in [0.1, 0.15) is 43.2 Å². The lowest BCUT2D eigenvalue weighted by Crippen LogP contribution is -2.35. The van der Waals surface area contributed by atoms with Gasteiger partial charge in [0.2, 0.25) is 10.0 Å². The van der Waals surface area contributed by atoms with Crippen LogP contribution in [0.4, 0.5) is 5.69 Å². The lowest BCUT2D eigenvalue weighted by Gasteiger charge is -2.26. The molecule has 1 heterocycles. The third-order valence-corrected chi connectivity index (χ3v) is 8.04. The molecule has 4 rings (SSSR count). The summed E-state index contributed by atoms with van der Waals surface area (Å²) in [6, 6.07) is 14.4. The monoisotopic (exact) mass is 453 g/mol. The Bertz CT molecular complexity index is 1140. The van der Waals surface area contributed by atoms with Crippen LogP contribution in [-0.2, 0) is 20.2 Å². The highest BCUT2D eigenvalue weighted by atomic mass is 32.2. The van der Waals surface area contributed by atoms with E-state index in [1.54, 1.807) is 31.2 Å². The molecule has 0 radical (unpaired) electrons. The maximum absolute atomic E-state index is 12.8. The van der Waals surface area contributed by atoms with E-state index in [0.29, 0.717) is 30.1 Å². The maximum Gasteiger partial charge on any atom is 0.262 e. The van der Waals surface area contributed by atoms with E-state index in [1.165, 1.54) is 10.4 Å². The second-order valence-electron chi connectivity index (χ2n) is 8.50. The van der Waals surface area contributed by atoms with E-state index in [2.05, 4.69) is 11.4 Å². The summed E-state index contributed by atoms with van der Waals surface area (Å²) in [6.07, 6.45) is 4.58. The van der Waals surface area contributed by atoms with Crippen molar-refractivity contribution < 1.29 is 17.9 Å². The van der Waals surface area contributed by atoms with Crippen molar-refractivity contribution in [2.45, 2.75) is 49.3 Å². The Morgan fingerprint density at radius 1 is 1.12 bits per heavy atom. The van der Waals surface area contributed by atoms with E-state index in [1.807, 2.05) is 12.1 Å². The van der Waals surface area contributed by atoms with Crippen molar-refractivity contribution in [2.75, 3.05) is 25.0 Å². The molecule has 0 spiro atoms. The van der Waals surface area contributed by atoms with Crippen LogP contribution in [0, 0.1) is 18.3 Å². The second kappa shape index (κ2) is 8.93. The van der Waals surface area contributed by atoms with Crippen LogP contribution in [0.2, 0.25) is 0 Å². The zero-order valence-corrected chi connectivity index (χ0v) is 19.0.